The van der Waals surface area contributed by atoms with Crippen molar-refractivity contribution in [3.8, 4) is 0 Å². The number of anilines is 1. The third kappa shape index (κ3) is 5.32. The third-order valence-corrected chi connectivity index (χ3v) is 6.18. The highest BCUT2D eigenvalue weighted by atomic mass is 32.1. The van der Waals surface area contributed by atoms with Crippen molar-refractivity contribution in [2.75, 3.05) is 5.32 Å². The van der Waals surface area contributed by atoms with E-state index in [2.05, 4.69) is 19.2 Å². The minimum Gasteiger partial charge on any atom is -0.459 e. The largest absolute Gasteiger partial charge is 0.459 e. The molecule has 1 atom stereocenters. The predicted octanol–water partition coefficient (Wildman–Crippen LogP) is 5.74. The second kappa shape index (κ2) is 10.1. The van der Waals surface area contributed by atoms with Gasteiger partial charge in [-0.15, -0.1) is 11.3 Å². The Morgan fingerprint density at radius 1 is 1.15 bits per heavy atom. The second-order valence-electron chi connectivity index (χ2n) is 7.46. The highest BCUT2D eigenvalue weighted by Gasteiger charge is 2.28. The number of ether oxygens (including phenoxy) is 1. The zero-order valence-electron chi connectivity index (χ0n) is 16.7. The average Bonchev–Trinajstić information content (AvgIpc) is 2.76. The molecule has 1 aliphatic rings. The van der Waals surface area contributed by atoms with Crippen LogP contribution in [0.1, 0.15) is 93.4 Å². The van der Waals surface area contributed by atoms with Gasteiger partial charge < -0.3 is 10.1 Å². The van der Waals surface area contributed by atoms with Crippen molar-refractivity contribution in [1.82, 2.24) is 0 Å². The van der Waals surface area contributed by atoms with E-state index in [-0.39, 0.29) is 23.9 Å². The molecule has 26 heavy (non-hydrogen) atoms. The lowest BCUT2D eigenvalue weighted by atomic mass is 9.98. The van der Waals surface area contributed by atoms with Gasteiger partial charge in [0.1, 0.15) is 5.00 Å². The van der Waals surface area contributed by atoms with Crippen molar-refractivity contribution in [1.29, 1.82) is 0 Å². The molecule has 5 heteroatoms. The average molecular weight is 380 g/mol. The van der Waals surface area contributed by atoms with Gasteiger partial charge in [0.15, 0.2) is 0 Å². The monoisotopic (exact) mass is 379 g/mol. The fraction of sp³-hybridized carbons (Fsp3) is 0.714. The number of hydrogen-bond acceptors (Lipinski definition) is 4. The van der Waals surface area contributed by atoms with Crippen LogP contribution >= 0.6 is 11.3 Å². The lowest BCUT2D eigenvalue weighted by Gasteiger charge is -2.15. The molecule has 146 valence electrons. The van der Waals surface area contributed by atoms with Crippen LogP contribution in [-0.2, 0) is 22.4 Å². The Labute approximate surface area is 161 Å². The first-order chi connectivity index (χ1) is 12.5. The standard InChI is InChI=1S/C21H33NO3S/c1-5-7-11-15(6-2)19(23)22-20-18(21(24)25-14(3)4)16-12-9-8-10-13-17(16)26-20/h14-15H,5-13H2,1-4H3,(H,22,23). The van der Waals surface area contributed by atoms with Gasteiger partial charge in [0, 0.05) is 10.8 Å². The van der Waals surface area contributed by atoms with E-state index in [1.807, 2.05) is 13.8 Å². The van der Waals surface area contributed by atoms with E-state index < -0.39 is 0 Å². The quantitative estimate of drug-likeness (QED) is 0.463. The van der Waals surface area contributed by atoms with Crippen molar-refractivity contribution >= 4 is 28.2 Å². The number of fused-ring (bicyclic) bond motifs is 1. The van der Waals surface area contributed by atoms with Gasteiger partial charge in [0.25, 0.3) is 0 Å². The Bertz CT molecular complexity index is 621. The highest BCUT2D eigenvalue weighted by molar-refractivity contribution is 7.17. The first-order valence-corrected chi connectivity index (χ1v) is 11.0. The number of unbranched alkanes of at least 4 members (excludes halogenated alkanes) is 1. The minimum absolute atomic E-state index is 0.00539. The Kier molecular flexibility index (Phi) is 8.14. The van der Waals surface area contributed by atoms with E-state index in [9.17, 15) is 9.59 Å². The number of nitrogens with one attached hydrogen (secondary N) is 1. The molecule has 2 rings (SSSR count). The van der Waals surface area contributed by atoms with E-state index in [1.165, 1.54) is 11.3 Å². The van der Waals surface area contributed by atoms with Crippen LogP contribution < -0.4 is 5.32 Å². The molecule has 0 aromatic carbocycles. The third-order valence-electron chi connectivity index (χ3n) is 4.97. The molecule has 1 aliphatic carbocycles. The molecule has 1 amide bonds. The summed E-state index contributed by atoms with van der Waals surface area (Å²) in [4.78, 5) is 26.8. The van der Waals surface area contributed by atoms with Crippen molar-refractivity contribution in [3.05, 3.63) is 16.0 Å². The van der Waals surface area contributed by atoms with E-state index in [4.69, 9.17) is 4.74 Å². The zero-order chi connectivity index (χ0) is 19.1. The van der Waals surface area contributed by atoms with Gasteiger partial charge in [-0.1, -0.05) is 33.1 Å². The van der Waals surface area contributed by atoms with Crippen LogP contribution in [0, 0.1) is 5.92 Å². The zero-order valence-corrected chi connectivity index (χ0v) is 17.5. The number of hydrogen-bond donors (Lipinski definition) is 1. The molecular weight excluding hydrogens is 346 g/mol. The topological polar surface area (TPSA) is 55.4 Å². The Hall–Kier alpha value is -1.36. The number of amides is 1. The predicted molar refractivity (Wildman–Crippen MR) is 108 cm³/mol. The number of esters is 1. The summed E-state index contributed by atoms with van der Waals surface area (Å²) in [6, 6.07) is 0. The van der Waals surface area contributed by atoms with Gasteiger partial charge in [-0.25, -0.2) is 4.79 Å². The van der Waals surface area contributed by atoms with E-state index in [0.29, 0.717) is 10.6 Å². The van der Waals surface area contributed by atoms with Crippen LogP contribution in [0.3, 0.4) is 0 Å². The summed E-state index contributed by atoms with van der Waals surface area (Å²) in [5.74, 6) is -0.252. The molecule has 0 spiro atoms. The molecule has 0 fully saturated rings. The second-order valence-corrected chi connectivity index (χ2v) is 8.56. The Morgan fingerprint density at radius 3 is 2.54 bits per heavy atom. The number of carbonyl (C=O) groups is 2. The van der Waals surface area contributed by atoms with Crippen LogP contribution in [0.4, 0.5) is 5.00 Å². The summed E-state index contributed by atoms with van der Waals surface area (Å²) in [7, 11) is 0. The fourth-order valence-electron chi connectivity index (χ4n) is 3.50. The van der Waals surface area contributed by atoms with Gasteiger partial charge in [0.05, 0.1) is 11.7 Å². The number of thiophene rings is 1. The fourth-order valence-corrected chi connectivity index (χ4v) is 4.79. The molecule has 4 nitrogen and oxygen atoms in total. The smallest absolute Gasteiger partial charge is 0.341 e. The van der Waals surface area contributed by atoms with Crippen LogP contribution in [0.25, 0.3) is 0 Å². The maximum atomic E-state index is 12.8. The maximum absolute atomic E-state index is 12.8. The van der Waals surface area contributed by atoms with Crippen molar-refractivity contribution in [2.24, 2.45) is 5.92 Å². The molecule has 1 aromatic rings. The Morgan fingerprint density at radius 2 is 1.88 bits per heavy atom. The molecule has 0 saturated heterocycles. The number of carbonyl (C=O) groups excluding carboxylic acids is 2. The van der Waals surface area contributed by atoms with E-state index >= 15 is 0 Å². The molecule has 1 heterocycles. The maximum Gasteiger partial charge on any atom is 0.341 e. The summed E-state index contributed by atoms with van der Waals surface area (Å²) in [5.41, 5.74) is 1.72. The van der Waals surface area contributed by atoms with Crippen LogP contribution in [-0.4, -0.2) is 18.0 Å². The first-order valence-electron chi connectivity index (χ1n) is 10.1. The molecule has 0 aliphatic heterocycles. The van der Waals surface area contributed by atoms with Crippen molar-refractivity contribution in [2.45, 2.75) is 91.6 Å². The van der Waals surface area contributed by atoms with Gasteiger partial charge in [-0.05, 0) is 57.9 Å². The van der Waals surface area contributed by atoms with Gasteiger partial charge >= 0.3 is 5.97 Å². The summed E-state index contributed by atoms with van der Waals surface area (Å²) in [6.07, 6.45) is 9.01. The molecule has 1 aromatic heterocycles. The highest BCUT2D eigenvalue weighted by Crippen LogP contribution is 2.38. The lowest BCUT2D eigenvalue weighted by molar-refractivity contribution is -0.120. The number of rotatable bonds is 8. The van der Waals surface area contributed by atoms with Crippen molar-refractivity contribution < 1.29 is 14.3 Å². The van der Waals surface area contributed by atoms with Gasteiger partial charge in [-0.3, -0.25) is 4.79 Å². The molecule has 1 unspecified atom stereocenters. The van der Waals surface area contributed by atoms with Crippen LogP contribution in [0.2, 0.25) is 0 Å². The molecule has 0 radical (unpaired) electrons. The van der Waals surface area contributed by atoms with Crippen molar-refractivity contribution in [3.63, 3.8) is 0 Å². The summed E-state index contributed by atoms with van der Waals surface area (Å²) < 4.78 is 5.49. The summed E-state index contributed by atoms with van der Waals surface area (Å²) >= 11 is 1.58. The first kappa shape index (κ1) is 20.9. The van der Waals surface area contributed by atoms with Gasteiger partial charge in [-0.2, -0.15) is 0 Å². The minimum atomic E-state index is -0.295. The Balaban J connectivity index is 2.28. The summed E-state index contributed by atoms with van der Waals surface area (Å²) in [5, 5.41) is 3.78. The van der Waals surface area contributed by atoms with Crippen LogP contribution in [0.5, 0.6) is 0 Å². The molecular formula is C21H33NO3S. The molecule has 1 N–H and O–H groups in total. The SMILES string of the molecule is CCCCC(CC)C(=O)Nc1sc2c(c1C(=O)OC(C)C)CCCCC2. The van der Waals surface area contributed by atoms with Gasteiger partial charge in [0.2, 0.25) is 5.91 Å². The normalized spacial score (nSPS) is 15.3. The number of aryl methyl sites for hydroxylation is 1. The van der Waals surface area contributed by atoms with Crippen LogP contribution in [0.15, 0.2) is 0 Å². The van der Waals surface area contributed by atoms with E-state index in [1.54, 1.807) is 11.3 Å². The lowest BCUT2D eigenvalue weighted by Crippen LogP contribution is -2.23. The summed E-state index contributed by atoms with van der Waals surface area (Å²) in [6.45, 7) is 7.91. The molecule has 0 bridgehead atoms. The van der Waals surface area contributed by atoms with E-state index in [0.717, 1.165) is 56.9 Å². The molecule has 0 saturated carbocycles.